The van der Waals surface area contributed by atoms with E-state index in [0.717, 1.165) is 38.0 Å². The van der Waals surface area contributed by atoms with E-state index >= 15 is 0 Å². The molecule has 2 atom stereocenters. The molecule has 24 heavy (non-hydrogen) atoms. The molecule has 1 rings (SSSR count). The Morgan fingerprint density at radius 3 is 2.21 bits per heavy atom. The van der Waals surface area contributed by atoms with Crippen LogP contribution in [0.25, 0.3) is 0 Å². The van der Waals surface area contributed by atoms with Gasteiger partial charge in [-0.15, -0.1) is 24.8 Å². The average Bonchev–Trinajstić information content (AvgIpc) is 2.51. The second-order valence-corrected chi connectivity index (χ2v) is 5.97. The molecule has 0 heterocycles. The van der Waals surface area contributed by atoms with Crippen LogP contribution in [-0.4, -0.2) is 36.5 Å². The zero-order chi connectivity index (χ0) is 16.5. The number of nitrogens with zero attached hydrogens (tertiary/aromatic N) is 1. The first-order valence-electron chi connectivity index (χ1n) is 8.32. The minimum absolute atomic E-state index is 0. The number of amides is 1. The lowest BCUT2D eigenvalue weighted by Gasteiger charge is -2.21. The van der Waals surface area contributed by atoms with Crippen molar-refractivity contribution in [3.63, 3.8) is 0 Å². The molecule has 1 aromatic rings. The van der Waals surface area contributed by atoms with Gasteiger partial charge in [0.1, 0.15) is 6.04 Å². The van der Waals surface area contributed by atoms with Crippen LogP contribution in [0.5, 0.6) is 0 Å². The van der Waals surface area contributed by atoms with Crippen molar-refractivity contribution >= 4 is 30.7 Å². The molecule has 0 aliphatic heterocycles. The zero-order valence-corrected chi connectivity index (χ0v) is 16.9. The molecule has 6 heteroatoms. The number of hydrogen-bond acceptors (Lipinski definition) is 3. The van der Waals surface area contributed by atoms with Gasteiger partial charge in [-0.1, -0.05) is 43.7 Å². The van der Waals surface area contributed by atoms with Crippen molar-refractivity contribution in [3.8, 4) is 0 Å². The first kappa shape index (κ1) is 25.4. The Labute approximate surface area is 159 Å². The summed E-state index contributed by atoms with van der Waals surface area (Å²) < 4.78 is 0. The van der Waals surface area contributed by atoms with Gasteiger partial charge in [0.25, 0.3) is 0 Å². The fourth-order valence-corrected chi connectivity index (χ4v) is 2.49. The number of carbonyl (C=O) groups excluding carboxylic acids is 1. The van der Waals surface area contributed by atoms with E-state index in [0.29, 0.717) is 0 Å². The second kappa shape index (κ2) is 13.5. The van der Waals surface area contributed by atoms with Crippen LogP contribution in [0.2, 0.25) is 0 Å². The number of rotatable bonds is 9. The summed E-state index contributed by atoms with van der Waals surface area (Å²) in [4.78, 5) is 14.6. The van der Waals surface area contributed by atoms with Crippen molar-refractivity contribution in [3.05, 3.63) is 35.4 Å². The lowest BCUT2D eigenvalue weighted by Crippen LogP contribution is -2.39. The van der Waals surface area contributed by atoms with Crippen LogP contribution < -0.4 is 11.1 Å². The average molecular weight is 378 g/mol. The molecule has 1 aromatic carbocycles. The zero-order valence-electron chi connectivity index (χ0n) is 15.2. The highest BCUT2D eigenvalue weighted by molar-refractivity contribution is 5.85. The van der Waals surface area contributed by atoms with E-state index in [4.69, 9.17) is 5.73 Å². The first-order valence-corrected chi connectivity index (χ1v) is 8.32. The number of benzene rings is 1. The van der Waals surface area contributed by atoms with Crippen LogP contribution >= 0.6 is 24.8 Å². The summed E-state index contributed by atoms with van der Waals surface area (Å²) in [5.74, 6) is -0.0980. The van der Waals surface area contributed by atoms with E-state index in [2.05, 4.69) is 24.1 Å². The smallest absolute Gasteiger partial charge is 0.241 e. The Hall–Kier alpha value is -0.810. The highest BCUT2D eigenvalue weighted by Gasteiger charge is 2.17. The lowest BCUT2D eigenvalue weighted by molar-refractivity contribution is -0.123. The van der Waals surface area contributed by atoms with Crippen LogP contribution in [0.4, 0.5) is 0 Å². The summed E-state index contributed by atoms with van der Waals surface area (Å²) in [7, 11) is 0. The van der Waals surface area contributed by atoms with Gasteiger partial charge in [-0.2, -0.15) is 0 Å². The van der Waals surface area contributed by atoms with Crippen LogP contribution in [0.1, 0.15) is 50.8 Å². The molecule has 1 amide bonds. The Balaban J connectivity index is 0. The maximum atomic E-state index is 12.2. The van der Waals surface area contributed by atoms with Gasteiger partial charge in [0.15, 0.2) is 0 Å². The van der Waals surface area contributed by atoms with E-state index in [1.807, 2.05) is 38.1 Å². The van der Waals surface area contributed by atoms with Crippen LogP contribution in [-0.2, 0) is 4.79 Å². The molecule has 0 saturated heterocycles. The fourth-order valence-electron chi connectivity index (χ4n) is 2.49. The predicted molar refractivity (Wildman–Crippen MR) is 107 cm³/mol. The minimum atomic E-state index is -0.592. The summed E-state index contributed by atoms with van der Waals surface area (Å²) in [5, 5.41) is 3.02. The minimum Gasteiger partial charge on any atom is -0.352 e. The van der Waals surface area contributed by atoms with Crippen molar-refractivity contribution in [2.24, 2.45) is 5.73 Å². The molecule has 0 aliphatic carbocycles. The molecule has 0 saturated carbocycles. The number of aryl methyl sites for hydroxylation is 1. The molecule has 0 aliphatic rings. The van der Waals surface area contributed by atoms with Crippen molar-refractivity contribution in [1.29, 1.82) is 0 Å². The third kappa shape index (κ3) is 8.88. The SMILES string of the molecule is CCN(CC)CCCC(C)NC(=O)C(N)c1ccc(C)cc1.Cl.Cl. The number of nitrogens with two attached hydrogens (primary N) is 1. The lowest BCUT2D eigenvalue weighted by atomic mass is 10.0. The quantitative estimate of drug-likeness (QED) is 0.692. The van der Waals surface area contributed by atoms with E-state index in [9.17, 15) is 4.79 Å². The molecule has 3 N–H and O–H groups in total. The van der Waals surface area contributed by atoms with E-state index < -0.39 is 6.04 Å². The number of carbonyl (C=O) groups is 1. The Kier molecular flexibility index (Phi) is 14.3. The third-order valence-corrected chi connectivity index (χ3v) is 4.11. The molecule has 0 fully saturated rings. The first-order chi connectivity index (χ1) is 10.5. The van der Waals surface area contributed by atoms with Gasteiger partial charge in [-0.05, 0) is 51.9 Å². The number of halogens is 2. The second-order valence-electron chi connectivity index (χ2n) is 5.97. The summed E-state index contributed by atoms with van der Waals surface area (Å²) in [6.45, 7) is 11.7. The molecular weight excluding hydrogens is 345 g/mol. The summed E-state index contributed by atoms with van der Waals surface area (Å²) >= 11 is 0. The van der Waals surface area contributed by atoms with Gasteiger partial charge in [-0.3, -0.25) is 4.79 Å². The predicted octanol–water partition coefficient (Wildman–Crippen LogP) is 3.47. The monoisotopic (exact) mass is 377 g/mol. The molecule has 0 spiro atoms. The van der Waals surface area contributed by atoms with Crippen molar-refractivity contribution < 1.29 is 4.79 Å². The Morgan fingerprint density at radius 1 is 1.17 bits per heavy atom. The summed E-state index contributed by atoms with van der Waals surface area (Å²) in [6, 6.07) is 7.37. The molecule has 2 unspecified atom stereocenters. The highest BCUT2D eigenvalue weighted by Crippen LogP contribution is 2.12. The van der Waals surface area contributed by atoms with Gasteiger partial charge in [0, 0.05) is 6.04 Å². The normalized spacial score (nSPS) is 12.8. The van der Waals surface area contributed by atoms with Crippen molar-refractivity contribution in [2.45, 2.75) is 52.6 Å². The van der Waals surface area contributed by atoms with Crippen molar-refractivity contribution in [2.75, 3.05) is 19.6 Å². The van der Waals surface area contributed by atoms with E-state index in [1.165, 1.54) is 5.56 Å². The highest BCUT2D eigenvalue weighted by atomic mass is 35.5. The molecule has 140 valence electrons. The molecule has 4 nitrogen and oxygen atoms in total. The molecule has 0 aromatic heterocycles. The molecular formula is C18H33Cl2N3O. The third-order valence-electron chi connectivity index (χ3n) is 4.11. The fraction of sp³-hybridized carbons (Fsp3) is 0.611. The Bertz CT molecular complexity index is 450. The van der Waals surface area contributed by atoms with Crippen LogP contribution in [0.15, 0.2) is 24.3 Å². The van der Waals surface area contributed by atoms with Crippen LogP contribution in [0, 0.1) is 6.92 Å². The van der Waals surface area contributed by atoms with Gasteiger partial charge < -0.3 is 16.0 Å². The molecule has 0 radical (unpaired) electrons. The van der Waals surface area contributed by atoms with Gasteiger partial charge >= 0.3 is 0 Å². The standard InChI is InChI=1S/C18H31N3O.2ClH/c1-5-21(6-2)13-7-8-15(4)20-18(22)17(19)16-11-9-14(3)10-12-16;;/h9-12,15,17H,5-8,13,19H2,1-4H3,(H,20,22);2*1H. The van der Waals surface area contributed by atoms with Gasteiger partial charge in [-0.25, -0.2) is 0 Å². The largest absolute Gasteiger partial charge is 0.352 e. The van der Waals surface area contributed by atoms with Gasteiger partial charge in [0.2, 0.25) is 5.91 Å². The van der Waals surface area contributed by atoms with E-state index in [-0.39, 0.29) is 36.8 Å². The Morgan fingerprint density at radius 2 is 1.71 bits per heavy atom. The molecule has 0 bridgehead atoms. The van der Waals surface area contributed by atoms with E-state index in [1.54, 1.807) is 0 Å². The topological polar surface area (TPSA) is 58.4 Å². The van der Waals surface area contributed by atoms with Gasteiger partial charge in [0.05, 0.1) is 0 Å². The van der Waals surface area contributed by atoms with Crippen LogP contribution in [0.3, 0.4) is 0 Å². The number of nitrogens with one attached hydrogen (secondary N) is 1. The summed E-state index contributed by atoms with van der Waals surface area (Å²) in [5.41, 5.74) is 8.06. The summed E-state index contributed by atoms with van der Waals surface area (Å²) in [6.07, 6.45) is 2.06. The maximum Gasteiger partial charge on any atom is 0.241 e. The number of hydrogen-bond donors (Lipinski definition) is 2. The maximum absolute atomic E-state index is 12.2. The van der Waals surface area contributed by atoms with Crippen molar-refractivity contribution in [1.82, 2.24) is 10.2 Å².